The van der Waals surface area contributed by atoms with Crippen molar-refractivity contribution in [1.82, 2.24) is 0 Å². The van der Waals surface area contributed by atoms with E-state index in [4.69, 9.17) is 24.3 Å². The minimum absolute atomic E-state index is 0.0564. The van der Waals surface area contributed by atoms with Crippen LogP contribution in [0.25, 0.3) is 0 Å². The first-order valence-electron chi connectivity index (χ1n) is 9.33. The molecule has 0 N–H and O–H groups in total. The highest BCUT2D eigenvalue weighted by molar-refractivity contribution is 8.01. The molecule has 2 aliphatic rings. The third-order valence-corrected chi connectivity index (χ3v) is 6.80. The predicted octanol–water partition coefficient (Wildman–Crippen LogP) is 4.92. The number of nitrogens with zero attached hydrogens (tertiary/aromatic N) is 2. The van der Waals surface area contributed by atoms with Crippen LogP contribution in [0.4, 0.5) is 0 Å². The van der Waals surface area contributed by atoms with E-state index < -0.39 is 11.4 Å². The third-order valence-electron chi connectivity index (χ3n) is 4.73. The van der Waals surface area contributed by atoms with Gasteiger partial charge in [0.15, 0.2) is 5.79 Å². The number of ether oxygens (including phenoxy) is 3. The zero-order valence-corrected chi connectivity index (χ0v) is 18.2. The van der Waals surface area contributed by atoms with Gasteiger partial charge in [0.05, 0.1) is 23.1 Å². The summed E-state index contributed by atoms with van der Waals surface area (Å²) in [5.74, 6) is 0.231. The molecule has 0 bridgehead atoms. The van der Waals surface area contributed by atoms with Crippen molar-refractivity contribution < 1.29 is 19.0 Å². The number of hydrogen-bond acceptors (Lipinski definition) is 8. The van der Waals surface area contributed by atoms with E-state index in [9.17, 15) is 0 Å². The molecule has 3 heterocycles. The number of nitriles is 1. The van der Waals surface area contributed by atoms with Crippen molar-refractivity contribution >= 4 is 28.8 Å². The minimum atomic E-state index is -0.559. The van der Waals surface area contributed by atoms with E-state index in [0.717, 1.165) is 27.5 Å². The maximum atomic E-state index is 8.59. The van der Waals surface area contributed by atoms with Crippen LogP contribution in [0.3, 0.4) is 0 Å². The van der Waals surface area contributed by atoms with Crippen LogP contribution < -0.4 is 4.74 Å². The number of hydrogen-bond donors (Lipinski definition) is 0. The predicted molar refractivity (Wildman–Crippen MR) is 112 cm³/mol. The Bertz CT molecular complexity index is 979. The molecule has 8 heteroatoms. The fourth-order valence-electron chi connectivity index (χ4n) is 3.37. The van der Waals surface area contributed by atoms with Crippen LogP contribution in [0.1, 0.15) is 38.3 Å². The van der Waals surface area contributed by atoms with Crippen molar-refractivity contribution in [1.29, 1.82) is 5.26 Å². The first-order chi connectivity index (χ1) is 13.9. The normalized spacial score (nSPS) is 24.0. The Kier molecular flexibility index (Phi) is 5.58. The van der Waals surface area contributed by atoms with Gasteiger partial charge in [-0.15, -0.1) is 11.3 Å². The Hall–Kier alpha value is -2.05. The van der Waals surface area contributed by atoms with Crippen molar-refractivity contribution in [3.63, 3.8) is 0 Å². The first kappa shape index (κ1) is 20.2. The maximum absolute atomic E-state index is 8.59. The highest BCUT2D eigenvalue weighted by atomic mass is 32.2. The summed E-state index contributed by atoms with van der Waals surface area (Å²) >= 11 is 3.38. The molecule has 0 saturated carbocycles. The molecular formula is C21H22N2O4S2. The van der Waals surface area contributed by atoms with Crippen LogP contribution in [0.15, 0.2) is 43.9 Å². The van der Waals surface area contributed by atoms with Gasteiger partial charge in [-0.05, 0) is 56.0 Å². The second-order valence-corrected chi connectivity index (χ2v) is 9.79. The van der Waals surface area contributed by atoms with Gasteiger partial charge in [0.1, 0.15) is 17.4 Å². The highest BCUT2D eigenvalue weighted by Crippen LogP contribution is 2.43. The molecule has 29 heavy (non-hydrogen) atoms. The Morgan fingerprint density at radius 2 is 2.17 bits per heavy atom. The monoisotopic (exact) mass is 430 g/mol. The molecule has 1 unspecified atom stereocenters. The summed E-state index contributed by atoms with van der Waals surface area (Å²) in [5.41, 5.74) is 2.43. The summed E-state index contributed by atoms with van der Waals surface area (Å²) in [6.07, 6.45) is 0.663. The second kappa shape index (κ2) is 8.00. The van der Waals surface area contributed by atoms with Crippen LogP contribution >= 0.6 is 23.1 Å². The summed E-state index contributed by atoms with van der Waals surface area (Å²) < 4.78 is 18.9. The first-order valence-corrected chi connectivity index (χ1v) is 11.0. The lowest BCUT2D eigenvalue weighted by Gasteiger charge is -2.24. The Labute approximate surface area is 178 Å². The molecule has 1 fully saturated rings. The number of benzene rings is 1. The molecule has 1 aromatic heterocycles. The Morgan fingerprint density at radius 3 is 2.93 bits per heavy atom. The molecule has 152 valence electrons. The van der Waals surface area contributed by atoms with Crippen LogP contribution in [-0.4, -0.2) is 31.3 Å². The van der Waals surface area contributed by atoms with E-state index in [1.165, 1.54) is 4.21 Å². The summed E-state index contributed by atoms with van der Waals surface area (Å²) in [4.78, 5) is 6.11. The van der Waals surface area contributed by atoms with E-state index in [1.54, 1.807) is 23.1 Å². The van der Waals surface area contributed by atoms with Crippen molar-refractivity contribution in [2.45, 2.75) is 47.7 Å². The zero-order chi connectivity index (χ0) is 20.5. The van der Waals surface area contributed by atoms with Crippen molar-refractivity contribution in [2.24, 2.45) is 5.16 Å². The Balaban J connectivity index is 1.50. The van der Waals surface area contributed by atoms with Crippen LogP contribution in [0, 0.1) is 11.3 Å². The summed E-state index contributed by atoms with van der Waals surface area (Å²) in [5, 5.41) is 14.8. The van der Waals surface area contributed by atoms with Gasteiger partial charge in [0.2, 0.25) is 6.61 Å². The average Bonchev–Trinajstić information content (AvgIpc) is 3.27. The van der Waals surface area contributed by atoms with E-state index in [2.05, 4.69) is 29.6 Å². The van der Waals surface area contributed by atoms with Gasteiger partial charge in [0, 0.05) is 16.9 Å². The van der Waals surface area contributed by atoms with Gasteiger partial charge in [-0.3, -0.25) is 0 Å². The quantitative estimate of drug-likeness (QED) is 0.495. The number of oxime groups is 1. The lowest BCUT2D eigenvalue weighted by atomic mass is 10.0. The van der Waals surface area contributed by atoms with Crippen molar-refractivity contribution in [3.8, 4) is 11.8 Å². The molecule has 1 atom stereocenters. The zero-order valence-electron chi connectivity index (χ0n) is 16.6. The standard InChI is InChI=1S/C21H22N2O4S2/c1-20(2)25-13-21(3,27-20)14-10-19(28-12-14)29-15-4-5-16-17(23-26-9-7-22)6-8-24-18(16)11-15/h4-5,10-12H,6,8-9,13H2,1-3H3/b23-17+. The second-order valence-electron chi connectivity index (χ2n) is 7.50. The lowest BCUT2D eigenvalue weighted by molar-refractivity contribution is -0.159. The third kappa shape index (κ3) is 4.43. The fourth-order valence-corrected chi connectivity index (χ4v) is 5.47. The molecule has 0 radical (unpaired) electrons. The highest BCUT2D eigenvalue weighted by Gasteiger charge is 2.43. The number of rotatable bonds is 5. The average molecular weight is 431 g/mol. The van der Waals surface area contributed by atoms with E-state index in [1.807, 2.05) is 32.0 Å². The van der Waals surface area contributed by atoms with Gasteiger partial charge < -0.3 is 19.0 Å². The van der Waals surface area contributed by atoms with Crippen LogP contribution in [0.2, 0.25) is 0 Å². The minimum Gasteiger partial charge on any atom is -0.492 e. The summed E-state index contributed by atoms with van der Waals surface area (Å²) in [6.45, 7) is 6.99. The van der Waals surface area contributed by atoms with Gasteiger partial charge in [-0.25, -0.2) is 0 Å². The molecule has 4 rings (SSSR count). The summed E-state index contributed by atoms with van der Waals surface area (Å²) in [6, 6.07) is 10.2. The number of thiophene rings is 1. The van der Waals surface area contributed by atoms with Crippen molar-refractivity contribution in [2.75, 3.05) is 19.8 Å². The molecule has 6 nitrogen and oxygen atoms in total. The van der Waals surface area contributed by atoms with Gasteiger partial charge >= 0.3 is 0 Å². The molecule has 1 saturated heterocycles. The van der Waals surface area contributed by atoms with E-state index >= 15 is 0 Å². The van der Waals surface area contributed by atoms with Crippen LogP contribution in [0.5, 0.6) is 5.75 Å². The van der Waals surface area contributed by atoms with Gasteiger partial charge in [-0.1, -0.05) is 16.9 Å². The van der Waals surface area contributed by atoms with Gasteiger partial charge in [0.25, 0.3) is 0 Å². The van der Waals surface area contributed by atoms with Crippen molar-refractivity contribution in [3.05, 3.63) is 40.8 Å². The SMILES string of the molecule is CC1(C)OCC(C)(c2csc(Sc3ccc4c(c3)OCC/C4=N\OCC#N)c2)O1. The topological polar surface area (TPSA) is 73.1 Å². The van der Waals surface area contributed by atoms with Gasteiger partial charge in [-0.2, -0.15) is 5.26 Å². The van der Waals surface area contributed by atoms with Crippen LogP contribution in [-0.2, 0) is 19.9 Å². The molecule has 0 aliphatic carbocycles. The molecular weight excluding hydrogens is 408 g/mol. The molecule has 2 aromatic rings. The summed E-state index contributed by atoms with van der Waals surface area (Å²) in [7, 11) is 0. The molecule has 0 spiro atoms. The molecule has 2 aliphatic heterocycles. The van der Waals surface area contributed by atoms with E-state index in [-0.39, 0.29) is 6.61 Å². The smallest absolute Gasteiger partial charge is 0.202 e. The van der Waals surface area contributed by atoms with E-state index in [0.29, 0.717) is 19.6 Å². The molecule has 0 amide bonds. The fraction of sp³-hybridized carbons (Fsp3) is 0.429. The molecule has 1 aromatic carbocycles. The maximum Gasteiger partial charge on any atom is 0.202 e. The Morgan fingerprint density at radius 1 is 1.31 bits per heavy atom. The largest absolute Gasteiger partial charge is 0.492 e. The number of fused-ring (bicyclic) bond motifs is 1. The lowest BCUT2D eigenvalue weighted by Crippen LogP contribution is -2.27.